The van der Waals surface area contributed by atoms with Gasteiger partial charge in [-0.05, 0) is 45.0 Å². The molecule has 0 aliphatic carbocycles. The first-order chi connectivity index (χ1) is 7.33. The fourth-order valence-electron chi connectivity index (χ4n) is 1.77. The number of aryl methyl sites for hydroxylation is 1. The average molecular weight is 205 g/mol. The van der Waals surface area contributed by atoms with E-state index in [0.29, 0.717) is 0 Å². The zero-order valence-electron chi connectivity index (χ0n) is 10.1. The Morgan fingerprint density at radius 2 is 1.60 bits per heavy atom. The SMILES string of the molecule is CCc1ccccc1.CN1CCCCC1. The quantitative estimate of drug-likeness (QED) is 0.679. The van der Waals surface area contributed by atoms with Crippen LogP contribution in [-0.4, -0.2) is 25.0 Å². The van der Waals surface area contributed by atoms with E-state index in [2.05, 4.69) is 43.1 Å². The van der Waals surface area contributed by atoms with Gasteiger partial charge in [0.2, 0.25) is 0 Å². The van der Waals surface area contributed by atoms with E-state index in [-0.39, 0.29) is 0 Å². The number of rotatable bonds is 1. The molecule has 84 valence electrons. The molecule has 0 aromatic heterocycles. The third kappa shape index (κ3) is 5.58. The maximum Gasteiger partial charge on any atom is -0.00218 e. The fraction of sp³-hybridized carbons (Fsp3) is 0.571. The van der Waals surface area contributed by atoms with Gasteiger partial charge in [0, 0.05) is 0 Å². The average Bonchev–Trinajstić information content (AvgIpc) is 2.32. The van der Waals surface area contributed by atoms with Gasteiger partial charge in [-0.1, -0.05) is 43.7 Å². The standard InChI is InChI=1S/C8H10.C6H13N/c1-2-8-6-4-3-5-7-8;1-7-5-3-2-4-6-7/h3-7H,2H2,1H3;2-6H2,1H3. The summed E-state index contributed by atoms with van der Waals surface area (Å²) in [4.78, 5) is 2.39. The highest BCUT2D eigenvalue weighted by atomic mass is 15.1. The van der Waals surface area contributed by atoms with Gasteiger partial charge >= 0.3 is 0 Å². The molecule has 0 radical (unpaired) electrons. The molecule has 0 amide bonds. The van der Waals surface area contributed by atoms with E-state index in [9.17, 15) is 0 Å². The maximum absolute atomic E-state index is 2.39. The van der Waals surface area contributed by atoms with Crippen LogP contribution >= 0.6 is 0 Å². The highest BCUT2D eigenvalue weighted by Gasteiger charge is 2.02. The number of piperidine rings is 1. The van der Waals surface area contributed by atoms with Crippen LogP contribution in [0.2, 0.25) is 0 Å². The predicted octanol–water partition coefficient (Wildman–Crippen LogP) is 3.35. The van der Waals surface area contributed by atoms with Gasteiger partial charge in [0.1, 0.15) is 0 Å². The molecular weight excluding hydrogens is 182 g/mol. The molecule has 0 spiro atoms. The largest absolute Gasteiger partial charge is 0.306 e. The Hall–Kier alpha value is -0.820. The summed E-state index contributed by atoms with van der Waals surface area (Å²) in [6.45, 7) is 4.80. The van der Waals surface area contributed by atoms with Crippen molar-refractivity contribution in [3.8, 4) is 0 Å². The predicted molar refractivity (Wildman–Crippen MR) is 67.2 cm³/mol. The molecule has 1 heterocycles. The lowest BCUT2D eigenvalue weighted by atomic mass is 10.1. The van der Waals surface area contributed by atoms with Crippen LogP contribution in [0, 0.1) is 0 Å². The van der Waals surface area contributed by atoms with Crippen LogP contribution in [-0.2, 0) is 6.42 Å². The first kappa shape index (κ1) is 12.3. The van der Waals surface area contributed by atoms with Crippen molar-refractivity contribution in [1.29, 1.82) is 0 Å². The zero-order chi connectivity index (χ0) is 10.9. The Morgan fingerprint density at radius 3 is 1.93 bits per heavy atom. The first-order valence-electron chi connectivity index (χ1n) is 6.05. The normalized spacial score (nSPS) is 16.7. The zero-order valence-corrected chi connectivity index (χ0v) is 10.1. The Morgan fingerprint density at radius 1 is 1.00 bits per heavy atom. The summed E-state index contributed by atoms with van der Waals surface area (Å²) in [6, 6.07) is 10.5. The summed E-state index contributed by atoms with van der Waals surface area (Å²) in [6.07, 6.45) is 5.41. The Kier molecular flexibility index (Phi) is 6.10. The third-order valence-electron chi connectivity index (χ3n) is 2.83. The van der Waals surface area contributed by atoms with Crippen molar-refractivity contribution in [2.75, 3.05) is 20.1 Å². The smallest absolute Gasteiger partial charge is 0.00218 e. The number of benzene rings is 1. The van der Waals surface area contributed by atoms with Gasteiger partial charge in [0.25, 0.3) is 0 Å². The van der Waals surface area contributed by atoms with Crippen molar-refractivity contribution in [2.45, 2.75) is 32.6 Å². The summed E-state index contributed by atoms with van der Waals surface area (Å²) >= 11 is 0. The lowest BCUT2D eigenvalue weighted by Gasteiger charge is -2.20. The summed E-state index contributed by atoms with van der Waals surface area (Å²) in [7, 11) is 2.19. The molecule has 1 fully saturated rings. The van der Waals surface area contributed by atoms with Crippen molar-refractivity contribution in [3.05, 3.63) is 35.9 Å². The molecule has 0 bridgehead atoms. The monoisotopic (exact) mass is 205 g/mol. The minimum atomic E-state index is 1.14. The molecule has 0 saturated carbocycles. The maximum atomic E-state index is 2.39. The molecule has 0 atom stereocenters. The van der Waals surface area contributed by atoms with Gasteiger partial charge in [0.15, 0.2) is 0 Å². The second-order valence-electron chi connectivity index (χ2n) is 4.20. The van der Waals surface area contributed by atoms with Gasteiger partial charge in [0.05, 0.1) is 0 Å². The molecule has 1 saturated heterocycles. The van der Waals surface area contributed by atoms with Crippen LogP contribution in [0.1, 0.15) is 31.7 Å². The van der Waals surface area contributed by atoms with E-state index in [1.54, 1.807) is 0 Å². The Bertz CT molecular complexity index is 237. The lowest BCUT2D eigenvalue weighted by molar-refractivity contribution is 0.277. The van der Waals surface area contributed by atoms with Gasteiger partial charge in [-0.15, -0.1) is 0 Å². The van der Waals surface area contributed by atoms with E-state index in [1.807, 2.05) is 6.07 Å². The van der Waals surface area contributed by atoms with Crippen LogP contribution in [0.25, 0.3) is 0 Å². The lowest BCUT2D eigenvalue weighted by Crippen LogP contribution is -2.24. The van der Waals surface area contributed by atoms with E-state index < -0.39 is 0 Å². The summed E-state index contributed by atoms with van der Waals surface area (Å²) < 4.78 is 0. The molecule has 2 rings (SSSR count). The fourth-order valence-corrected chi connectivity index (χ4v) is 1.77. The minimum absolute atomic E-state index is 1.14. The van der Waals surface area contributed by atoms with Crippen molar-refractivity contribution < 1.29 is 0 Å². The van der Waals surface area contributed by atoms with Crippen LogP contribution in [0.15, 0.2) is 30.3 Å². The summed E-state index contributed by atoms with van der Waals surface area (Å²) in [5, 5.41) is 0. The molecule has 0 N–H and O–H groups in total. The van der Waals surface area contributed by atoms with Crippen molar-refractivity contribution in [2.24, 2.45) is 0 Å². The molecule has 1 nitrogen and oxygen atoms in total. The number of nitrogens with zero attached hydrogens (tertiary/aromatic N) is 1. The highest BCUT2D eigenvalue weighted by molar-refractivity contribution is 5.13. The molecule has 1 heteroatoms. The second kappa shape index (κ2) is 7.47. The van der Waals surface area contributed by atoms with Gasteiger partial charge in [-0.3, -0.25) is 0 Å². The van der Waals surface area contributed by atoms with E-state index in [1.165, 1.54) is 37.9 Å². The van der Waals surface area contributed by atoms with E-state index >= 15 is 0 Å². The van der Waals surface area contributed by atoms with Crippen LogP contribution in [0.3, 0.4) is 0 Å². The molecular formula is C14H23N. The number of hydrogen-bond donors (Lipinski definition) is 0. The molecule has 15 heavy (non-hydrogen) atoms. The van der Waals surface area contributed by atoms with Gasteiger partial charge in [-0.2, -0.15) is 0 Å². The van der Waals surface area contributed by atoms with E-state index in [0.717, 1.165) is 6.42 Å². The van der Waals surface area contributed by atoms with Crippen LogP contribution < -0.4 is 0 Å². The van der Waals surface area contributed by atoms with Crippen LogP contribution in [0.5, 0.6) is 0 Å². The second-order valence-corrected chi connectivity index (χ2v) is 4.20. The van der Waals surface area contributed by atoms with E-state index in [4.69, 9.17) is 0 Å². The Balaban J connectivity index is 0.000000151. The highest BCUT2D eigenvalue weighted by Crippen LogP contribution is 2.04. The first-order valence-corrected chi connectivity index (χ1v) is 6.05. The molecule has 1 aliphatic rings. The molecule has 0 unspecified atom stereocenters. The summed E-state index contributed by atoms with van der Waals surface area (Å²) in [5.74, 6) is 0. The third-order valence-corrected chi connectivity index (χ3v) is 2.83. The number of likely N-dealkylation sites (tertiary alicyclic amines) is 1. The minimum Gasteiger partial charge on any atom is -0.306 e. The van der Waals surface area contributed by atoms with Crippen molar-refractivity contribution in [1.82, 2.24) is 4.90 Å². The van der Waals surface area contributed by atoms with Gasteiger partial charge < -0.3 is 4.90 Å². The van der Waals surface area contributed by atoms with Crippen molar-refractivity contribution in [3.63, 3.8) is 0 Å². The molecule has 1 aliphatic heterocycles. The number of hydrogen-bond acceptors (Lipinski definition) is 1. The summed E-state index contributed by atoms with van der Waals surface area (Å²) in [5.41, 5.74) is 1.41. The topological polar surface area (TPSA) is 3.24 Å². The molecule has 1 aromatic carbocycles. The Labute approximate surface area is 94.1 Å². The van der Waals surface area contributed by atoms with Crippen molar-refractivity contribution >= 4 is 0 Å². The van der Waals surface area contributed by atoms with Gasteiger partial charge in [-0.25, -0.2) is 0 Å². The molecule has 1 aromatic rings. The van der Waals surface area contributed by atoms with Crippen LogP contribution in [0.4, 0.5) is 0 Å².